The van der Waals surface area contributed by atoms with Gasteiger partial charge in [-0.25, -0.2) is 0 Å². The smallest absolute Gasteiger partial charge is 0.279 e. The third-order valence-corrected chi connectivity index (χ3v) is 4.27. The maximum atomic E-state index is 12.1. The number of carbonyl (C=O) groups is 2. The summed E-state index contributed by atoms with van der Waals surface area (Å²) in [6.07, 6.45) is -0.684. The topological polar surface area (TPSA) is 76.7 Å². The average molecular weight is 442 g/mol. The van der Waals surface area contributed by atoms with Gasteiger partial charge < -0.3 is 9.47 Å². The molecular weight excluding hydrogens is 424 g/mol. The van der Waals surface area contributed by atoms with Crippen molar-refractivity contribution in [2.24, 2.45) is 0 Å². The zero-order valence-electron chi connectivity index (χ0n) is 14.2. The highest BCUT2D eigenvalue weighted by Gasteiger charge is 2.17. The number of ether oxygens (including phenoxy) is 2. The van der Waals surface area contributed by atoms with Gasteiger partial charge in [0.2, 0.25) is 5.91 Å². The van der Waals surface area contributed by atoms with E-state index in [-0.39, 0.29) is 12.3 Å². The van der Waals surface area contributed by atoms with E-state index >= 15 is 0 Å². The highest BCUT2D eigenvalue weighted by Crippen LogP contribution is 2.28. The second-order valence-corrected chi connectivity index (χ2v) is 6.69. The van der Waals surface area contributed by atoms with E-state index < -0.39 is 12.0 Å². The molecule has 2 aromatic rings. The van der Waals surface area contributed by atoms with Crippen LogP contribution in [0.3, 0.4) is 0 Å². The number of benzene rings is 2. The Kier molecular flexibility index (Phi) is 7.29. The summed E-state index contributed by atoms with van der Waals surface area (Å²) in [6.45, 7) is 1.58. The van der Waals surface area contributed by atoms with Crippen LogP contribution in [0, 0.1) is 0 Å². The van der Waals surface area contributed by atoms with E-state index in [1.807, 2.05) is 0 Å². The van der Waals surface area contributed by atoms with Crippen LogP contribution in [0.2, 0.25) is 5.02 Å². The Labute approximate surface area is 164 Å². The van der Waals surface area contributed by atoms with E-state index in [0.29, 0.717) is 21.0 Å². The second-order valence-electron chi connectivity index (χ2n) is 5.40. The molecule has 6 nitrogen and oxygen atoms in total. The van der Waals surface area contributed by atoms with Crippen LogP contribution in [0.25, 0.3) is 0 Å². The number of hydrogen-bond acceptors (Lipinski definition) is 4. The first-order valence-electron chi connectivity index (χ1n) is 7.72. The first kappa shape index (κ1) is 20.1. The van der Waals surface area contributed by atoms with Crippen LogP contribution >= 0.6 is 27.5 Å². The van der Waals surface area contributed by atoms with Crippen molar-refractivity contribution in [1.29, 1.82) is 0 Å². The Morgan fingerprint density at radius 2 is 1.85 bits per heavy atom. The van der Waals surface area contributed by atoms with Gasteiger partial charge in [-0.1, -0.05) is 23.7 Å². The molecule has 0 saturated carbocycles. The molecule has 1 atom stereocenters. The summed E-state index contributed by atoms with van der Waals surface area (Å²) in [6, 6.07) is 12.1. The van der Waals surface area contributed by atoms with Crippen LogP contribution in [0.4, 0.5) is 0 Å². The highest BCUT2D eigenvalue weighted by atomic mass is 79.9. The van der Waals surface area contributed by atoms with Crippen LogP contribution < -0.4 is 20.3 Å². The Morgan fingerprint density at radius 3 is 2.46 bits per heavy atom. The third-order valence-electron chi connectivity index (χ3n) is 3.42. The zero-order valence-corrected chi connectivity index (χ0v) is 16.6. The molecule has 26 heavy (non-hydrogen) atoms. The molecule has 0 spiro atoms. The monoisotopic (exact) mass is 440 g/mol. The van der Waals surface area contributed by atoms with Crippen LogP contribution in [-0.4, -0.2) is 25.0 Å². The molecule has 0 saturated heterocycles. The molecule has 2 amide bonds. The van der Waals surface area contributed by atoms with Gasteiger partial charge in [0.05, 0.1) is 18.0 Å². The minimum absolute atomic E-state index is 0.127. The van der Waals surface area contributed by atoms with Crippen molar-refractivity contribution in [3.05, 3.63) is 57.5 Å². The molecule has 0 aromatic heterocycles. The van der Waals surface area contributed by atoms with Crippen molar-refractivity contribution in [1.82, 2.24) is 10.9 Å². The lowest BCUT2D eigenvalue weighted by atomic mass is 10.1. The van der Waals surface area contributed by atoms with Crippen molar-refractivity contribution >= 4 is 39.3 Å². The molecule has 2 N–H and O–H groups in total. The molecular formula is C18H18BrClN2O4. The van der Waals surface area contributed by atoms with Crippen molar-refractivity contribution in [2.75, 3.05) is 7.11 Å². The molecule has 8 heteroatoms. The first-order valence-corrected chi connectivity index (χ1v) is 8.89. The van der Waals surface area contributed by atoms with Crippen molar-refractivity contribution < 1.29 is 19.1 Å². The molecule has 138 valence electrons. The summed E-state index contributed by atoms with van der Waals surface area (Å²) in [7, 11) is 1.57. The highest BCUT2D eigenvalue weighted by molar-refractivity contribution is 9.10. The maximum Gasteiger partial charge on any atom is 0.279 e. The number of halogens is 2. The lowest BCUT2D eigenvalue weighted by molar-refractivity contribution is -0.132. The lowest BCUT2D eigenvalue weighted by Crippen LogP contribution is -2.47. The summed E-state index contributed by atoms with van der Waals surface area (Å²) in [4.78, 5) is 24.0. The summed E-state index contributed by atoms with van der Waals surface area (Å²) in [5, 5.41) is 0.548. The maximum absolute atomic E-state index is 12.1. The van der Waals surface area contributed by atoms with Gasteiger partial charge in [0, 0.05) is 5.02 Å². The number of hydrazine groups is 1. The quantitative estimate of drug-likeness (QED) is 0.675. The van der Waals surface area contributed by atoms with E-state index in [4.69, 9.17) is 21.1 Å². The van der Waals surface area contributed by atoms with E-state index in [1.54, 1.807) is 56.5 Å². The van der Waals surface area contributed by atoms with Crippen molar-refractivity contribution in [3.8, 4) is 11.5 Å². The molecule has 0 radical (unpaired) electrons. The molecule has 0 aliphatic heterocycles. The molecule has 2 rings (SSSR count). The molecule has 0 aliphatic carbocycles. The van der Waals surface area contributed by atoms with E-state index in [2.05, 4.69) is 26.8 Å². The van der Waals surface area contributed by atoms with Gasteiger partial charge in [0.25, 0.3) is 5.91 Å². The molecule has 0 bridgehead atoms. The van der Waals surface area contributed by atoms with E-state index in [9.17, 15) is 9.59 Å². The van der Waals surface area contributed by atoms with Crippen molar-refractivity contribution in [3.63, 3.8) is 0 Å². The van der Waals surface area contributed by atoms with Crippen molar-refractivity contribution in [2.45, 2.75) is 19.4 Å². The van der Waals surface area contributed by atoms with Gasteiger partial charge in [-0.2, -0.15) is 0 Å². The fourth-order valence-corrected chi connectivity index (χ4v) is 2.80. The number of rotatable bonds is 6. The van der Waals surface area contributed by atoms with Gasteiger partial charge in [-0.3, -0.25) is 20.4 Å². The number of hydrogen-bond donors (Lipinski definition) is 2. The van der Waals surface area contributed by atoms with E-state index in [0.717, 1.165) is 5.56 Å². The zero-order chi connectivity index (χ0) is 19.1. The average Bonchev–Trinajstić information content (AvgIpc) is 2.62. The van der Waals surface area contributed by atoms with Crippen LogP contribution in [-0.2, 0) is 16.0 Å². The van der Waals surface area contributed by atoms with Crippen LogP contribution in [0.5, 0.6) is 11.5 Å². The second kappa shape index (κ2) is 9.45. The summed E-state index contributed by atoms with van der Waals surface area (Å²) >= 11 is 9.18. The minimum Gasteiger partial charge on any atom is -0.497 e. The minimum atomic E-state index is -0.811. The number of carbonyl (C=O) groups excluding carboxylic acids is 2. The fourth-order valence-electron chi connectivity index (χ4n) is 2.02. The van der Waals surface area contributed by atoms with Crippen LogP contribution in [0.1, 0.15) is 12.5 Å². The standard InChI is InChI=1S/C18H18BrClN2O4/c1-11(26-16-8-5-13(20)10-15(16)19)18(24)22-21-17(23)9-12-3-6-14(25-2)7-4-12/h3-8,10-11H,9H2,1-2H3,(H,21,23)(H,22,24). The van der Waals surface area contributed by atoms with Gasteiger partial charge in [-0.15, -0.1) is 0 Å². The molecule has 1 unspecified atom stereocenters. The Hall–Kier alpha value is -2.25. The SMILES string of the molecule is COc1ccc(CC(=O)NNC(=O)C(C)Oc2ccc(Cl)cc2Br)cc1. The number of nitrogens with one attached hydrogen (secondary N) is 2. The molecule has 2 aromatic carbocycles. The van der Waals surface area contributed by atoms with Gasteiger partial charge in [0.1, 0.15) is 11.5 Å². The Morgan fingerprint density at radius 1 is 1.15 bits per heavy atom. The summed E-state index contributed by atoms with van der Waals surface area (Å²) in [5.41, 5.74) is 5.51. The first-order chi connectivity index (χ1) is 12.4. The van der Waals surface area contributed by atoms with Gasteiger partial charge in [-0.05, 0) is 58.7 Å². The largest absolute Gasteiger partial charge is 0.497 e. The van der Waals surface area contributed by atoms with Gasteiger partial charge >= 0.3 is 0 Å². The number of amides is 2. The molecule has 0 aliphatic rings. The Balaban J connectivity index is 1.81. The third kappa shape index (κ3) is 5.93. The van der Waals surface area contributed by atoms with E-state index in [1.165, 1.54) is 0 Å². The lowest BCUT2D eigenvalue weighted by Gasteiger charge is -2.16. The molecule has 0 heterocycles. The predicted octanol–water partition coefficient (Wildman–Crippen LogP) is 3.27. The summed E-state index contributed by atoms with van der Waals surface area (Å²) in [5.74, 6) is 0.363. The predicted molar refractivity (Wildman–Crippen MR) is 102 cm³/mol. The number of methoxy groups -OCH3 is 1. The van der Waals surface area contributed by atoms with Crippen LogP contribution in [0.15, 0.2) is 46.9 Å². The molecule has 0 fully saturated rings. The van der Waals surface area contributed by atoms with Gasteiger partial charge in [0.15, 0.2) is 6.10 Å². The Bertz CT molecular complexity index is 783. The fraction of sp³-hybridized carbons (Fsp3) is 0.222. The summed E-state index contributed by atoms with van der Waals surface area (Å²) < 4.78 is 11.2. The normalized spacial score (nSPS) is 11.4.